The Hall–Kier alpha value is -5.05. The Balaban J connectivity index is 1.32. The first-order valence-corrected chi connectivity index (χ1v) is 16.4. The van der Waals surface area contributed by atoms with Crippen molar-refractivity contribution in [3.05, 3.63) is 137 Å². The Bertz CT molecular complexity index is 2030. The highest BCUT2D eigenvalue weighted by Crippen LogP contribution is 2.64. The number of aliphatic hydroxyl groups excluding tert-OH is 1. The summed E-state index contributed by atoms with van der Waals surface area (Å²) < 4.78 is 6.23. The molecule has 4 aromatic rings. The third kappa shape index (κ3) is 4.19. The Morgan fingerprint density at radius 3 is 2.31 bits per heavy atom. The summed E-state index contributed by atoms with van der Waals surface area (Å²) in [6.45, 7) is 3.44. The number of benzene rings is 3. The van der Waals surface area contributed by atoms with Gasteiger partial charge in [0.25, 0.3) is 0 Å². The Morgan fingerprint density at radius 2 is 1.62 bits per heavy atom. The number of imide groups is 2. The number of anilines is 2. The Labute approximate surface area is 281 Å². The van der Waals surface area contributed by atoms with Gasteiger partial charge >= 0.3 is 0 Å². The molecule has 8 rings (SSSR count). The molecule has 240 valence electrons. The van der Waals surface area contributed by atoms with Crippen LogP contribution in [0.1, 0.15) is 41.4 Å². The van der Waals surface area contributed by atoms with E-state index in [4.69, 9.17) is 16.0 Å². The monoisotopic (exact) mass is 658 g/mol. The van der Waals surface area contributed by atoms with E-state index in [1.165, 1.54) is 9.80 Å². The van der Waals surface area contributed by atoms with Crippen LogP contribution in [-0.2, 0) is 31.2 Å². The molecule has 1 N–H and O–H groups in total. The van der Waals surface area contributed by atoms with Crippen molar-refractivity contribution in [1.82, 2.24) is 0 Å². The molecule has 2 aliphatic heterocycles. The van der Waals surface area contributed by atoms with E-state index in [2.05, 4.69) is 6.58 Å². The highest BCUT2D eigenvalue weighted by molar-refractivity contribution is 6.32. The van der Waals surface area contributed by atoms with Crippen LogP contribution in [0, 0.1) is 23.7 Å². The molecule has 4 amide bonds. The molecule has 2 aliphatic carbocycles. The highest BCUT2D eigenvalue weighted by atomic mass is 35.5. The second-order valence-electron chi connectivity index (χ2n) is 12.9. The second-order valence-corrected chi connectivity index (χ2v) is 13.3. The molecule has 9 heteroatoms. The lowest BCUT2D eigenvalue weighted by Gasteiger charge is -2.49. The minimum Gasteiger partial charge on any atom is -0.463 e. The van der Waals surface area contributed by atoms with E-state index in [-0.39, 0.29) is 24.8 Å². The van der Waals surface area contributed by atoms with E-state index in [1.807, 2.05) is 48.5 Å². The predicted molar refractivity (Wildman–Crippen MR) is 180 cm³/mol. The van der Waals surface area contributed by atoms with Gasteiger partial charge in [-0.15, -0.1) is 0 Å². The highest BCUT2D eigenvalue weighted by Gasteiger charge is 2.71. The average molecular weight is 659 g/mol. The molecule has 3 aromatic carbocycles. The van der Waals surface area contributed by atoms with Crippen molar-refractivity contribution in [3.63, 3.8) is 0 Å². The zero-order valence-electron chi connectivity index (χ0n) is 25.8. The standard InChI is InChI=1S/C39H31ClN2O6/c1-2-22-11-13-25(14-12-22)41-35(44)29-17-16-28-30(33(29)37(41)46)20-31-36(45)42(26-10-6-9-24(40)19-26)38(47)39(31,23-7-4-3-5-8-23)34(28)32-18-15-27(21-43)48-32/h2-16,18-19,29-31,33-34,43H,1,17,20-21H2. The van der Waals surface area contributed by atoms with Crippen molar-refractivity contribution in [2.24, 2.45) is 23.7 Å². The lowest BCUT2D eigenvalue weighted by Crippen LogP contribution is -2.53. The number of hydrogen-bond donors (Lipinski definition) is 1. The normalized spacial score (nSPS) is 27.9. The molecule has 0 bridgehead atoms. The van der Waals surface area contributed by atoms with Crippen molar-refractivity contribution >= 4 is 52.7 Å². The SMILES string of the molecule is C=Cc1ccc(N2C(=O)C3CC=C4C(CC5C(=O)N(c6cccc(Cl)c6)C(=O)C5(c5ccccc5)C4c4ccc(CO)o4)C3C2=O)cc1. The molecule has 3 fully saturated rings. The summed E-state index contributed by atoms with van der Waals surface area (Å²) in [6.07, 6.45) is 4.14. The van der Waals surface area contributed by atoms with Gasteiger partial charge in [0.1, 0.15) is 23.5 Å². The van der Waals surface area contributed by atoms with Crippen molar-refractivity contribution in [2.45, 2.75) is 30.8 Å². The van der Waals surface area contributed by atoms with Crippen molar-refractivity contribution in [1.29, 1.82) is 0 Å². The van der Waals surface area contributed by atoms with Gasteiger partial charge in [-0.3, -0.25) is 24.1 Å². The molecule has 0 spiro atoms. The molecule has 48 heavy (non-hydrogen) atoms. The zero-order valence-corrected chi connectivity index (χ0v) is 26.5. The third-order valence-corrected chi connectivity index (χ3v) is 10.9. The summed E-state index contributed by atoms with van der Waals surface area (Å²) in [6, 6.07) is 26.4. The minimum absolute atomic E-state index is 0.176. The smallest absolute Gasteiger partial charge is 0.246 e. The first-order valence-electron chi connectivity index (χ1n) is 16.0. The number of carbonyl (C=O) groups is 4. The molecule has 1 saturated carbocycles. The lowest BCUT2D eigenvalue weighted by atomic mass is 9.50. The van der Waals surface area contributed by atoms with Gasteiger partial charge in [-0.25, -0.2) is 4.90 Å². The Kier molecular flexibility index (Phi) is 7.12. The molecule has 2 saturated heterocycles. The maximum Gasteiger partial charge on any atom is 0.246 e. The fraction of sp³-hybridized carbons (Fsp3) is 0.231. The molecule has 8 nitrogen and oxygen atoms in total. The van der Waals surface area contributed by atoms with Crippen LogP contribution >= 0.6 is 11.6 Å². The van der Waals surface area contributed by atoms with E-state index in [0.717, 1.165) is 11.1 Å². The van der Waals surface area contributed by atoms with Crippen LogP contribution in [0.2, 0.25) is 5.02 Å². The van der Waals surface area contributed by atoms with Crippen LogP contribution < -0.4 is 9.80 Å². The lowest BCUT2D eigenvalue weighted by molar-refractivity contribution is -0.127. The maximum atomic E-state index is 15.2. The average Bonchev–Trinajstić information content (AvgIpc) is 3.75. The van der Waals surface area contributed by atoms with Gasteiger partial charge < -0.3 is 9.52 Å². The number of amides is 4. The van der Waals surface area contributed by atoms with Crippen LogP contribution in [0.4, 0.5) is 11.4 Å². The maximum absolute atomic E-state index is 15.2. The van der Waals surface area contributed by atoms with Gasteiger partial charge in [-0.2, -0.15) is 0 Å². The Morgan fingerprint density at radius 1 is 0.854 bits per heavy atom. The van der Waals surface area contributed by atoms with Crippen LogP contribution in [0.3, 0.4) is 0 Å². The number of halogens is 1. The molecule has 3 heterocycles. The number of nitrogens with zero attached hydrogens (tertiary/aromatic N) is 2. The number of aliphatic hydroxyl groups is 1. The number of fused-ring (bicyclic) bond motifs is 4. The number of hydrogen-bond acceptors (Lipinski definition) is 6. The van der Waals surface area contributed by atoms with Gasteiger partial charge in [0, 0.05) is 5.02 Å². The predicted octanol–water partition coefficient (Wildman–Crippen LogP) is 6.44. The van der Waals surface area contributed by atoms with E-state index in [9.17, 15) is 19.5 Å². The van der Waals surface area contributed by atoms with Crippen LogP contribution in [-0.4, -0.2) is 28.7 Å². The van der Waals surface area contributed by atoms with E-state index in [0.29, 0.717) is 39.9 Å². The third-order valence-electron chi connectivity index (χ3n) is 10.7. The van der Waals surface area contributed by atoms with E-state index >= 15 is 4.79 Å². The largest absolute Gasteiger partial charge is 0.463 e. The van der Waals surface area contributed by atoms with Crippen molar-refractivity contribution < 1.29 is 28.7 Å². The number of allylic oxidation sites excluding steroid dienone is 2. The fourth-order valence-electron chi connectivity index (χ4n) is 8.70. The summed E-state index contributed by atoms with van der Waals surface area (Å²) in [5.74, 6) is -4.27. The van der Waals surface area contributed by atoms with Crippen LogP contribution in [0.5, 0.6) is 0 Å². The summed E-state index contributed by atoms with van der Waals surface area (Å²) >= 11 is 6.36. The van der Waals surface area contributed by atoms with Crippen LogP contribution in [0.15, 0.2) is 114 Å². The number of furan rings is 1. The molecular formula is C39H31ClN2O6. The molecule has 4 aliphatic rings. The van der Waals surface area contributed by atoms with Gasteiger partial charge in [-0.1, -0.05) is 84.4 Å². The summed E-state index contributed by atoms with van der Waals surface area (Å²) in [7, 11) is 0. The molecule has 6 unspecified atom stereocenters. The zero-order chi connectivity index (χ0) is 33.3. The first kappa shape index (κ1) is 30.3. The van der Waals surface area contributed by atoms with Crippen LogP contribution in [0.25, 0.3) is 6.08 Å². The second kappa shape index (κ2) is 11.3. The van der Waals surface area contributed by atoms with Gasteiger partial charge in [0.05, 0.1) is 35.0 Å². The molecule has 6 atom stereocenters. The topological polar surface area (TPSA) is 108 Å². The van der Waals surface area contributed by atoms with E-state index in [1.54, 1.807) is 54.6 Å². The van der Waals surface area contributed by atoms with Gasteiger partial charge in [-0.05, 0) is 72.4 Å². The number of rotatable bonds is 6. The summed E-state index contributed by atoms with van der Waals surface area (Å²) in [5.41, 5.74) is 1.69. The summed E-state index contributed by atoms with van der Waals surface area (Å²) in [4.78, 5) is 60.7. The molecular weight excluding hydrogens is 628 g/mol. The summed E-state index contributed by atoms with van der Waals surface area (Å²) in [5, 5.41) is 10.4. The van der Waals surface area contributed by atoms with Crippen molar-refractivity contribution in [2.75, 3.05) is 9.80 Å². The van der Waals surface area contributed by atoms with Gasteiger partial charge in [0.2, 0.25) is 23.6 Å². The first-order chi connectivity index (χ1) is 23.3. The minimum atomic E-state index is -1.44. The van der Waals surface area contributed by atoms with Crippen molar-refractivity contribution in [3.8, 4) is 0 Å². The fourth-order valence-corrected chi connectivity index (χ4v) is 8.89. The quantitative estimate of drug-likeness (QED) is 0.189. The number of carbonyl (C=O) groups excluding carboxylic acids is 4. The molecule has 0 radical (unpaired) electrons. The molecule has 1 aromatic heterocycles. The van der Waals surface area contributed by atoms with Gasteiger partial charge in [0.15, 0.2) is 0 Å². The van der Waals surface area contributed by atoms with E-state index < -0.39 is 46.8 Å².